The van der Waals surface area contributed by atoms with Crippen LogP contribution in [0, 0.1) is 19.7 Å². The highest BCUT2D eigenvalue weighted by atomic mass is 19.1. The molecule has 0 spiro atoms. The van der Waals surface area contributed by atoms with Gasteiger partial charge in [0.25, 0.3) is 5.56 Å². The molecule has 0 radical (unpaired) electrons. The van der Waals surface area contributed by atoms with Crippen molar-refractivity contribution in [2.75, 3.05) is 11.4 Å². The van der Waals surface area contributed by atoms with Crippen LogP contribution >= 0.6 is 0 Å². The van der Waals surface area contributed by atoms with Crippen LogP contribution in [0.15, 0.2) is 53.5 Å². The topological polar surface area (TPSA) is 72.6 Å². The predicted octanol–water partition coefficient (Wildman–Crippen LogP) is 3.60. The summed E-state index contributed by atoms with van der Waals surface area (Å²) in [6.45, 7) is 5.04. The third-order valence-electron chi connectivity index (χ3n) is 5.32. The molecule has 7 nitrogen and oxygen atoms in total. The zero-order chi connectivity index (χ0) is 21.5. The summed E-state index contributed by atoms with van der Waals surface area (Å²) < 4.78 is 21.0. The van der Waals surface area contributed by atoms with Crippen LogP contribution in [0.3, 0.4) is 0 Å². The van der Waals surface area contributed by atoms with Gasteiger partial charge in [-0.05, 0) is 49.2 Å². The molecule has 0 amide bonds. The molecular formula is C23H20FN5O2. The van der Waals surface area contributed by atoms with Crippen molar-refractivity contribution in [1.29, 1.82) is 0 Å². The number of benzene rings is 1. The second-order valence-corrected chi connectivity index (χ2v) is 7.64. The monoisotopic (exact) mass is 417 g/mol. The minimum absolute atomic E-state index is 0.158. The summed E-state index contributed by atoms with van der Waals surface area (Å²) in [5, 5.41) is 4.58. The van der Waals surface area contributed by atoms with Crippen molar-refractivity contribution in [2.45, 2.75) is 26.8 Å². The number of ether oxygens (including phenoxy) is 1. The van der Waals surface area contributed by atoms with Crippen molar-refractivity contribution in [2.24, 2.45) is 0 Å². The Morgan fingerprint density at radius 3 is 2.81 bits per heavy atom. The summed E-state index contributed by atoms with van der Waals surface area (Å²) >= 11 is 0. The van der Waals surface area contributed by atoms with Gasteiger partial charge in [0.15, 0.2) is 23.0 Å². The average Bonchev–Trinajstić information content (AvgIpc) is 2.74. The molecule has 3 aromatic heterocycles. The van der Waals surface area contributed by atoms with Gasteiger partial charge in [0, 0.05) is 37.0 Å². The Morgan fingerprint density at radius 2 is 1.97 bits per heavy atom. The van der Waals surface area contributed by atoms with Gasteiger partial charge in [-0.1, -0.05) is 12.1 Å². The first kappa shape index (κ1) is 19.2. The smallest absolute Gasteiger partial charge is 0.274 e. The molecule has 0 unspecified atom stereocenters. The number of aromatic nitrogens is 4. The molecule has 1 aliphatic heterocycles. The van der Waals surface area contributed by atoms with Crippen molar-refractivity contribution in [3.05, 3.63) is 87.3 Å². The Bertz CT molecular complexity index is 1370. The van der Waals surface area contributed by atoms with Gasteiger partial charge in [-0.25, -0.2) is 9.37 Å². The van der Waals surface area contributed by atoms with E-state index in [-0.39, 0.29) is 11.3 Å². The molecule has 0 fully saturated rings. The lowest BCUT2D eigenvalue weighted by Gasteiger charge is -2.30. The van der Waals surface area contributed by atoms with Crippen molar-refractivity contribution >= 4 is 11.5 Å². The van der Waals surface area contributed by atoms with Crippen molar-refractivity contribution in [3.63, 3.8) is 0 Å². The number of halogens is 1. The molecule has 0 N–H and O–H groups in total. The number of aryl methyl sites for hydroxylation is 2. The van der Waals surface area contributed by atoms with Gasteiger partial charge in [0.1, 0.15) is 5.75 Å². The number of pyridine rings is 1. The number of hydrogen-bond acceptors (Lipinski definition) is 6. The van der Waals surface area contributed by atoms with E-state index in [1.807, 2.05) is 19.1 Å². The molecule has 4 heterocycles. The van der Waals surface area contributed by atoms with E-state index in [9.17, 15) is 9.18 Å². The fraction of sp³-hybridized carbons (Fsp3) is 0.217. The number of rotatable bonds is 3. The summed E-state index contributed by atoms with van der Waals surface area (Å²) in [6.07, 6.45) is 2.35. The van der Waals surface area contributed by atoms with Crippen LogP contribution in [-0.2, 0) is 13.0 Å². The number of anilines is 1. The Labute approximate surface area is 177 Å². The van der Waals surface area contributed by atoms with E-state index in [4.69, 9.17) is 4.74 Å². The second-order valence-electron chi connectivity index (χ2n) is 7.64. The summed E-state index contributed by atoms with van der Waals surface area (Å²) in [4.78, 5) is 23.4. The molecule has 8 heteroatoms. The lowest BCUT2D eigenvalue weighted by Crippen LogP contribution is -2.33. The van der Waals surface area contributed by atoms with Crippen LogP contribution in [0.25, 0.3) is 5.65 Å². The minimum atomic E-state index is -0.424. The number of para-hydroxylation sites is 1. The SMILES string of the molecule is Cc1cc(=O)n2nc(N3CCc4ncc(Oc5ccccc5F)cc4C3)c(C)cc2n1. The van der Waals surface area contributed by atoms with Gasteiger partial charge in [-0.15, -0.1) is 5.10 Å². The van der Waals surface area contributed by atoms with Gasteiger partial charge in [-0.3, -0.25) is 9.78 Å². The average molecular weight is 417 g/mol. The number of hydrogen-bond donors (Lipinski definition) is 0. The van der Waals surface area contributed by atoms with Gasteiger partial charge < -0.3 is 9.64 Å². The molecule has 0 aliphatic carbocycles. The molecule has 5 rings (SSSR count). The third kappa shape index (κ3) is 3.61. The molecule has 1 aromatic carbocycles. The quantitative estimate of drug-likeness (QED) is 0.507. The molecule has 0 saturated carbocycles. The van der Waals surface area contributed by atoms with E-state index in [1.54, 1.807) is 31.3 Å². The van der Waals surface area contributed by atoms with Crippen LogP contribution in [-0.4, -0.2) is 26.1 Å². The summed E-state index contributed by atoms with van der Waals surface area (Å²) in [7, 11) is 0. The Balaban J connectivity index is 1.47. The molecule has 31 heavy (non-hydrogen) atoms. The fourth-order valence-corrected chi connectivity index (χ4v) is 3.85. The van der Waals surface area contributed by atoms with Gasteiger partial charge in [0.05, 0.1) is 6.20 Å². The van der Waals surface area contributed by atoms with Gasteiger partial charge >= 0.3 is 0 Å². The minimum Gasteiger partial charge on any atom is -0.453 e. The molecule has 1 aliphatic rings. The third-order valence-corrected chi connectivity index (χ3v) is 5.32. The van der Waals surface area contributed by atoms with E-state index < -0.39 is 5.82 Å². The zero-order valence-electron chi connectivity index (χ0n) is 17.2. The molecule has 156 valence electrons. The van der Waals surface area contributed by atoms with Crippen LogP contribution in [0.5, 0.6) is 11.5 Å². The van der Waals surface area contributed by atoms with Crippen LogP contribution in [0.4, 0.5) is 10.2 Å². The normalized spacial score (nSPS) is 13.3. The van der Waals surface area contributed by atoms with E-state index >= 15 is 0 Å². The standard InChI is InChI=1S/C23H20FN5O2/c1-14-9-21-26-15(2)10-22(30)29(21)27-23(14)28-8-7-19-16(13-28)11-17(12-25-19)31-20-6-4-3-5-18(20)24/h3-6,9-12H,7-8,13H2,1-2H3. The molecule has 0 bridgehead atoms. The van der Waals surface area contributed by atoms with E-state index in [0.29, 0.717) is 23.6 Å². The van der Waals surface area contributed by atoms with E-state index in [2.05, 4.69) is 20.0 Å². The number of nitrogens with zero attached hydrogens (tertiary/aromatic N) is 5. The highest BCUT2D eigenvalue weighted by Gasteiger charge is 2.22. The first-order valence-corrected chi connectivity index (χ1v) is 10.0. The predicted molar refractivity (Wildman–Crippen MR) is 114 cm³/mol. The molecule has 0 saturated heterocycles. The molecular weight excluding hydrogens is 397 g/mol. The summed E-state index contributed by atoms with van der Waals surface area (Å²) in [5.74, 6) is 0.939. The van der Waals surface area contributed by atoms with Crippen molar-refractivity contribution in [1.82, 2.24) is 19.6 Å². The zero-order valence-corrected chi connectivity index (χ0v) is 17.2. The maximum atomic E-state index is 13.9. The van der Waals surface area contributed by atoms with E-state index in [1.165, 1.54) is 16.6 Å². The Morgan fingerprint density at radius 1 is 1.13 bits per heavy atom. The first-order chi connectivity index (χ1) is 15.0. The van der Waals surface area contributed by atoms with Gasteiger partial charge in [0.2, 0.25) is 0 Å². The van der Waals surface area contributed by atoms with Crippen molar-refractivity contribution in [3.8, 4) is 11.5 Å². The van der Waals surface area contributed by atoms with Crippen LogP contribution in [0.2, 0.25) is 0 Å². The molecule has 0 atom stereocenters. The maximum absolute atomic E-state index is 13.9. The Kier molecular flexibility index (Phi) is 4.62. The van der Waals surface area contributed by atoms with E-state index in [0.717, 1.165) is 35.6 Å². The second kappa shape index (κ2) is 7.46. The Hall–Kier alpha value is -3.81. The van der Waals surface area contributed by atoms with Crippen LogP contribution < -0.4 is 15.2 Å². The lowest BCUT2D eigenvalue weighted by molar-refractivity contribution is 0.439. The number of fused-ring (bicyclic) bond motifs is 2. The lowest BCUT2D eigenvalue weighted by atomic mass is 10.0. The van der Waals surface area contributed by atoms with Crippen LogP contribution in [0.1, 0.15) is 22.5 Å². The highest BCUT2D eigenvalue weighted by Crippen LogP contribution is 2.29. The van der Waals surface area contributed by atoms with Crippen molar-refractivity contribution < 1.29 is 9.13 Å². The summed E-state index contributed by atoms with van der Waals surface area (Å²) in [6, 6.07) is 11.5. The summed E-state index contributed by atoms with van der Waals surface area (Å²) in [5.41, 5.74) is 3.89. The largest absolute Gasteiger partial charge is 0.453 e. The van der Waals surface area contributed by atoms with Gasteiger partial charge in [-0.2, -0.15) is 4.52 Å². The highest BCUT2D eigenvalue weighted by molar-refractivity contribution is 5.54. The molecule has 4 aromatic rings. The first-order valence-electron chi connectivity index (χ1n) is 10.0. The fourth-order valence-electron chi connectivity index (χ4n) is 3.85. The maximum Gasteiger partial charge on any atom is 0.274 e.